The van der Waals surface area contributed by atoms with Crippen molar-refractivity contribution < 1.29 is 14.7 Å². The number of likely N-dealkylation sites (N-methyl/N-ethyl adjacent to an activating group) is 1. The van der Waals surface area contributed by atoms with Crippen LogP contribution in [-0.4, -0.2) is 41.1 Å². The second kappa shape index (κ2) is 5.18. The Hall–Kier alpha value is -1.26. The molecule has 1 fully saturated rings. The SMILES string of the molecule is CN(CC(=O)O)C(=O)NC1(C)CCCCC1. The van der Waals surface area contributed by atoms with Crippen LogP contribution in [0.5, 0.6) is 0 Å². The molecule has 0 radical (unpaired) electrons. The van der Waals surface area contributed by atoms with Crippen LogP contribution >= 0.6 is 0 Å². The van der Waals surface area contributed by atoms with Gasteiger partial charge in [0.25, 0.3) is 0 Å². The maximum Gasteiger partial charge on any atom is 0.323 e. The molecule has 1 aliphatic carbocycles. The van der Waals surface area contributed by atoms with Crippen molar-refractivity contribution in [3.05, 3.63) is 0 Å². The van der Waals surface area contributed by atoms with Gasteiger partial charge in [-0.3, -0.25) is 4.79 Å². The third-order valence-electron chi connectivity index (χ3n) is 3.08. The summed E-state index contributed by atoms with van der Waals surface area (Å²) in [6.45, 7) is 1.76. The summed E-state index contributed by atoms with van der Waals surface area (Å²) in [6, 6.07) is -0.299. The van der Waals surface area contributed by atoms with Gasteiger partial charge in [0.2, 0.25) is 0 Å². The minimum absolute atomic E-state index is 0.165. The fourth-order valence-electron chi connectivity index (χ4n) is 2.09. The van der Waals surface area contributed by atoms with Crippen LogP contribution in [0.2, 0.25) is 0 Å². The van der Waals surface area contributed by atoms with E-state index in [0.717, 1.165) is 25.7 Å². The predicted molar refractivity (Wildman–Crippen MR) is 60.3 cm³/mol. The number of carboxylic acid groups (broad SMARTS) is 1. The molecule has 2 amide bonds. The van der Waals surface area contributed by atoms with Crippen molar-refractivity contribution in [2.45, 2.75) is 44.6 Å². The Morgan fingerprint density at radius 3 is 2.38 bits per heavy atom. The fourth-order valence-corrected chi connectivity index (χ4v) is 2.09. The molecule has 0 saturated heterocycles. The Morgan fingerprint density at radius 1 is 1.31 bits per heavy atom. The van der Waals surface area contributed by atoms with Crippen LogP contribution in [-0.2, 0) is 4.79 Å². The highest BCUT2D eigenvalue weighted by Gasteiger charge is 2.29. The topological polar surface area (TPSA) is 69.6 Å². The van der Waals surface area contributed by atoms with Crippen LogP contribution in [0.3, 0.4) is 0 Å². The summed E-state index contributed by atoms with van der Waals surface area (Å²) >= 11 is 0. The second-order valence-electron chi connectivity index (χ2n) is 4.80. The molecule has 0 aliphatic heterocycles. The highest BCUT2D eigenvalue weighted by Crippen LogP contribution is 2.27. The molecule has 1 saturated carbocycles. The molecule has 2 N–H and O–H groups in total. The van der Waals surface area contributed by atoms with Crippen molar-refractivity contribution in [1.29, 1.82) is 0 Å². The first-order chi connectivity index (χ1) is 7.43. The van der Waals surface area contributed by atoms with E-state index in [2.05, 4.69) is 5.32 Å². The summed E-state index contributed by atoms with van der Waals surface area (Å²) in [7, 11) is 1.50. The highest BCUT2D eigenvalue weighted by atomic mass is 16.4. The average Bonchev–Trinajstić information content (AvgIpc) is 2.16. The van der Waals surface area contributed by atoms with Gasteiger partial charge in [0.15, 0.2) is 0 Å². The number of rotatable bonds is 3. The number of hydrogen-bond donors (Lipinski definition) is 2. The van der Waals surface area contributed by atoms with E-state index < -0.39 is 5.97 Å². The number of carbonyl (C=O) groups is 2. The summed E-state index contributed by atoms with van der Waals surface area (Å²) in [4.78, 5) is 23.4. The number of nitrogens with zero attached hydrogens (tertiary/aromatic N) is 1. The first-order valence-electron chi connectivity index (χ1n) is 5.68. The average molecular weight is 228 g/mol. The minimum Gasteiger partial charge on any atom is -0.480 e. The van der Waals surface area contributed by atoms with Gasteiger partial charge in [-0.1, -0.05) is 19.3 Å². The number of aliphatic carboxylic acids is 1. The summed E-state index contributed by atoms with van der Waals surface area (Å²) in [5, 5.41) is 11.5. The minimum atomic E-state index is -0.994. The molecule has 5 heteroatoms. The van der Waals surface area contributed by atoms with Crippen molar-refractivity contribution in [2.75, 3.05) is 13.6 Å². The molecule has 0 aromatic rings. The lowest BCUT2D eigenvalue weighted by Gasteiger charge is -2.35. The molecule has 1 aliphatic rings. The third-order valence-corrected chi connectivity index (χ3v) is 3.08. The van der Waals surface area contributed by atoms with E-state index in [9.17, 15) is 9.59 Å². The lowest BCUT2D eigenvalue weighted by molar-refractivity contribution is -0.137. The molecule has 0 aromatic carbocycles. The van der Waals surface area contributed by atoms with Crippen LogP contribution in [0.15, 0.2) is 0 Å². The van der Waals surface area contributed by atoms with Gasteiger partial charge in [0, 0.05) is 12.6 Å². The summed E-state index contributed by atoms with van der Waals surface area (Å²) < 4.78 is 0. The van der Waals surface area contributed by atoms with E-state index in [4.69, 9.17) is 5.11 Å². The Kier molecular flexibility index (Phi) is 4.15. The van der Waals surface area contributed by atoms with Gasteiger partial charge in [0.1, 0.15) is 6.54 Å². The van der Waals surface area contributed by atoms with Gasteiger partial charge in [-0.2, -0.15) is 0 Å². The molecule has 5 nitrogen and oxygen atoms in total. The molecular formula is C11H20N2O3. The lowest BCUT2D eigenvalue weighted by Crippen LogP contribution is -2.52. The molecule has 16 heavy (non-hydrogen) atoms. The number of amides is 2. The Balaban J connectivity index is 2.45. The summed E-state index contributed by atoms with van der Waals surface area (Å²) in [5.74, 6) is -0.994. The highest BCUT2D eigenvalue weighted by molar-refractivity contribution is 5.80. The van der Waals surface area contributed by atoms with Gasteiger partial charge in [0.05, 0.1) is 0 Å². The fraction of sp³-hybridized carbons (Fsp3) is 0.818. The molecule has 0 aromatic heterocycles. The van der Waals surface area contributed by atoms with Gasteiger partial charge in [-0.25, -0.2) is 4.79 Å². The molecule has 1 rings (SSSR count). The number of carboxylic acids is 1. The molecule has 0 atom stereocenters. The maximum atomic E-state index is 11.7. The quantitative estimate of drug-likeness (QED) is 0.767. The predicted octanol–water partition coefficient (Wildman–Crippen LogP) is 1.44. The second-order valence-corrected chi connectivity index (χ2v) is 4.80. The van der Waals surface area contributed by atoms with Gasteiger partial charge >= 0.3 is 12.0 Å². The van der Waals surface area contributed by atoms with E-state index in [1.54, 1.807) is 0 Å². The number of carbonyl (C=O) groups excluding carboxylic acids is 1. The van der Waals surface area contributed by atoms with Gasteiger partial charge in [-0.15, -0.1) is 0 Å². The van der Waals surface area contributed by atoms with Crippen LogP contribution in [0.25, 0.3) is 0 Å². The zero-order chi connectivity index (χ0) is 12.2. The summed E-state index contributed by atoms with van der Waals surface area (Å²) in [5.41, 5.74) is -0.165. The first-order valence-corrected chi connectivity index (χ1v) is 5.68. The van der Waals surface area contributed by atoms with Crippen LogP contribution in [0.1, 0.15) is 39.0 Å². The number of hydrogen-bond acceptors (Lipinski definition) is 2. The van der Waals surface area contributed by atoms with Crippen molar-refractivity contribution >= 4 is 12.0 Å². The smallest absolute Gasteiger partial charge is 0.323 e. The van der Waals surface area contributed by atoms with E-state index in [1.807, 2.05) is 6.92 Å². The van der Waals surface area contributed by atoms with Crippen molar-refractivity contribution in [2.24, 2.45) is 0 Å². The molecule has 92 valence electrons. The largest absolute Gasteiger partial charge is 0.480 e. The van der Waals surface area contributed by atoms with E-state index >= 15 is 0 Å². The first kappa shape index (κ1) is 12.8. The van der Waals surface area contributed by atoms with Gasteiger partial charge < -0.3 is 15.3 Å². The number of urea groups is 1. The zero-order valence-electron chi connectivity index (χ0n) is 9.95. The monoisotopic (exact) mass is 228 g/mol. The Labute approximate surface area is 95.8 Å². The Bertz CT molecular complexity index is 272. The Morgan fingerprint density at radius 2 is 1.88 bits per heavy atom. The van der Waals surface area contributed by atoms with Crippen molar-refractivity contribution in [3.8, 4) is 0 Å². The van der Waals surface area contributed by atoms with Crippen LogP contribution in [0, 0.1) is 0 Å². The molecule has 0 spiro atoms. The van der Waals surface area contributed by atoms with Crippen molar-refractivity contribution in [1.82, 2.24) is 10.2 Å². The molecule has 0 bridgehead atoms. The zero-order valence-corrected chi connectivity index (χ0v) is 9.95. The van der Waals surface area contributed by atoms with Crippen molar-refractivity contribution in [3.63, 3.8) is 0 Å². The van der Waals surface area contributed by atoms with E-state index in [-0.39, 0.29) is 18.1 Å². The number of nitrogens with one attached hydrogen (secondary N) is 1. The lowest BCUT2D eigenvalue weighted by atomic mass is 9.83. The maximum absolute atomic E-state index is 11.7. The third kappa shape index (κ3) is 3.72. The molecule has 0 heterocycles. The van der Waals surface area contributed by atoms with Crippen LogP contribution < -0.4 is 5.32 Å². The van der Waals surface area contributed by atoms with Crippen LogP contribution in [0.4, 0.5) is 4.79 Å². The normalized spacial score (nSPS) is 18.9. The van der Waals surface area contributed by atoms with E-state index in [1.165, 1.54) is 18.4 Å². The molecular weight excluding hydrogens is 208 g/mol. The van der Waals surface area contributed by atoms with E-state index in [0.29, 0.717) is 0 Å². The molecule has 0 unspecified atom stereocenters. The standard InChI is InChI=1S/C11H20N2O3/c1-11(6-4-3-5-7-11)12-10(16)13(2)8-9(14)15/h3-8H2,1-2H3,(H,12,16)(H,14,15). The van der Waals surface area contributed by atoms with Gasteiger partial charge in [-0.05, 0) is 19.8 Å². The summed E-state index contributed by atoms with van der Waals surface area (Å²) in [6.07, 6.45) is 5.41.